The van der Waals surface area contributed by atoms with Crippen molar-refractivity contribution < 1.29 is 4.42 Å². The lowest BCUT2D eigenvalue weighted by Gasteiger charge is -2.06. The number of anilines is 2. The van der Waals surface area contributed by atoms with Gasteiger partial charge in [-0.3, -0.25) is 0 Å². The van der Waals surface area contributed by atoms with E-state index >= 15 is 0 Å². The maximum absolute atomic E-state index is 5.68. The molecule has 1 heterocycles. The van der Waals surface area contributed by atoms with Crippen LogP contribution in [0.15, 0.2) is 89.5 Å². The minimum absolute atomic E-state index is 0.900. The number of furan rings is 1. The first-order valence-electron chi connectivity index (χ1n) is 7.29. The topological polar surface area (TPSA) is 25.2 Å². The number of hydrogen-bond donors (Lipinski definition) is 1. The zero-order valence-corrected chi connectivity index (χ0v) is 12.0. The molecular weight excluding hydrogens is 270 g/mol. The van der Waals surface area contributed by atoms with E-state index in [-0.39, 0.29) is 0 Å². The normalized spacial score (nSPS) is 10.7. The molecule has 0 fully saturated rings. The molecule has 0 radical (unpaired) electrons. The van der Waals surface area contributed by atoms with Gasteiger partial charge in [0.25, 0.3) is 0 Å². The summed E-state index contributed by atoms with van der Waals surface area (Å²) in [4.78, 5) is 0. The Kier molecular flexibility index (Phi) is 3.13. The van der Waals surface area contributed by atoms with Gasteiger partial charge in [0.1, 0.15) is 5.58 Å². The van der Waals surface area contributed by atoms with Crippen molar-refractivity contribution in [3.8, 4) is 11.1 Å². The van der Waals surface area contributed by atoms with Gasteiger partial charge in [0.05, 0.1) is 6.26 Å². The SMILES string of the molecule is c1ccc(Nc2ccc3occ(-c4ccccc4)c3c2)cc1. The van der Waals surface area contributed by atoms with Crippen molar-refractivity contribution in [2.75, 3.05) is 5.32 Å². The highest BCUT2D eigenvalue weighted by molar-refractivity contribution is 5.96. The van der Waals surface area contributed by atoms with Crippen molar-refractivity contribution in [1.29, 1.82) is 0 Å². The van der Waals surface area contributed by atoms with Crippen LogP contribution in [0, 0.1) is 0 Å². The van der Waals surface area contributed by atoms with Crippen molar-refractivity contribution in [3.05, 3.63) is 85.1 Å². The van der Waals surface area contributed by atoms with Gasteiger partial charge >= 0.3 is 0 Å². The van der Waals surface area contributed by atoms with Gasteiger partial charge in [-0.05, 0) is 35.9 Å². The third-order valence-corrected chi connectivity index (χ3v) is 3.72. The number of benzene rings is 3. The summed E-state index contributed by atoms with van der Waals surface area (Å²) in [7, 11) is 0. The quantitative estimate of drug-likeness (QED) is 0.511. The average Bonchev–Trinajstić information content (AvgIpc) is 3.00. The van der Waals surface area contributed by atoms with Crippen molar-refractivity contribution >= 4 is 22.3 Å². The molecule has 0 aliphatic rings. The van der Waals surface area contributed by atoms with Crippen LogP contribution < -0.4 is 5.32 Å². The van der Waals surface area contributed by atoms with Crippen LogP contribution >= 0.6 is 0 Å². The first-order valence-corrected chi connectivity index (χ1v) is 7.29. The predicted molar refractivity (Wildman–Crippen MR) is 91.4 cm³/mol. The second kappa shape index (κ2) is 5.41. The Morgan fingerprint density at radius 2 is 1.41 bits per heavy atom. The van der Waals surface area contributed by atoms with E-state index < -0.39 is 0 Å². The van der Waals surface area contributed by atoms with E-state index in [2.05, 4.69) is 35.6 Å². The minimum atomic E-state index is 0.900. The van der Waals surface area contributed by atoms with Crippen LogP contribution in [0.2, 0.25) is 0 Å². The van der Waals surface area contributed by atoms with E-state index in [0.29, 0.717) is 0 Å². The summed E-state index contributed by atoms with van der Waals surface area (Å²) < 4.78 is 5.68. The fourth-order valence-electron chi connectivity index (χ4n) is 2.64. The van der Waals surface area contributed by atoms with E-state index in [9.17, 15) is 0 Å². The Labute approximate surface area is 129 Å². The highest BCUT2D eigenvalue weighted by Crippen LogP contribution is 2.32. The fraction of sp³-hybridized carbons (Fsp3) is 0. The number of para-hydroxylation sites is 1. The summed E-state index contributed by atoms with van der Waals surface area (Å²) in [5, 5.41) is 4.54. The van der Waals surface area contributed by atoms with Gasteiger partial charge in [-0.2, -0.15) is 0 Å². The number of rotatable bonds is 3. The smallest absolute Gasteiger partial charge is 0.134 e. The summed E-state index contributed by atoms with van der Waals surface area (Å²) >= 11 is 0. The first-order chi connectivity index (χ1) is 10.9. The predicted octanol–water partition coefficient (Wildman–Crippen LogP) is 5.84. The van der Waals surface area contributed by atoms with Crippen LogP contribution in [0.3, 0.4) is 0 Å². The molecule has 0 saturated heterocycles. The molecule has 2 heteroatoms. The zero-order valence-electron chi connectivity index (χ0n) is 12.0. The second-order valence-electron chi connectivity index (χ2n) is 5.22. The molecular formula is C20H15NO. The monoisotopic (exact) mass is 285 g/mol. The van der Waals surface area contributed by atoms with E-state index in [1.165, 1.54) is 0 Å². The fourth-order valence-corrected chi connectivity index (χ4v) is 2.64. The third kappa shape index (κ3) is 2.35. The number of fused-ring (bicyclic) bond motifs is 1. The molecule has 4 rings (SSSR count). The maximum atomic E-state index is 5.68. The van der Waals surface area contributed by atoms with Crippen LogP contribution in [-0.4, -0.2) is 0 Å². The third-order valence-electron chi connectivity index (χ3n) is 3.72. The molecule has 1 aromatic heterocycles. The number of hydrogen-bond acceptors (Lipinski definition) is 2. The molecule has 2 nitrogen and oxygen atoms in total. The molecule has 0 aliphatic heterocycles. The molecule has 0 bridgehead atoms. The Bertz CT molecular complexity index is 895. The van der Waals surface area contributed by atoms with Gasteiger partial charge in [0.15, 0.2) is 0 Å². The van der Waals surface area contributed by atoms with Gasteiger partial charge in [-0.1, -0.05) is 48.5 Å². The van der Waals surface area contributed by atoms with Crippen molar-refractivity contribution in [3.63, 3.8) is 0 Å². The summed E-state index contributed by atoms with van der Waals surface area (Å²) in [6, 6.07) is 26.6. The molecule has 3 aromatic carbocycles. The van der Waals surface area contributed by atoms with Crippen molar-refractivity contribution in [2.24, 2.45) is 0 Å². The largest absolute Gasteiger partial charge is 0.464 e. The highest BCUT2D eigenvalue weighted by Gasteiger charge is 2.08. The highest BCUT2D eigenvalue weighted by atomic mass is 16.3. The first kappa shape index (κ1) is 12.7. The lowest BCUT2D eigenvalue weighted by molar-refractivity contribution is 0.617. The summed E-state index contributed by atoms with van der Waals surface area (Å²) in [6.45, 7) is 0. The van der Waals surface area contributed by atoms with Gasteiger partial charge < -0.3 is 9.73 Å². The Morgan fingerprint density at radius 1 is 0.682 bits per heavy atom. The molecule has 0 aliphatic carbocycles. The minimum Gasteiger partial charge on any atom is -0.464 e. The molecule has 0 spiro atoms. The molecule has 0 unspecified atom stereocenters. The zero-order chi connectivity index (χ0) is 14.8. The van der Waals surface area contributed by atoms with Gasteiger partial charge in [0.2, 0.25) is 0 Å². The van der Waals surface area contributed by atoms with Crippen molar-refractivity contribution in [1.82, 2.24) is 0 Å². The van der Waals surface area contributed by atoms with Crippen molar-refractivity contribution in [2.45, 2.75) is 0 Å². The van der Waals surface area contributed by atoms with Crippen LogP contribution in [-0.2, 0) is 0 Å². The van der Waals surface area contributed by atoms with Gasteiger partial charge in [0, 0.05) is 22.3 Å². The molecule has 0 amide bonds. The molecule has 0 saturated carbocycles. The molecule has 106 valence electrons. The summed E-state index contributed by atoms with van der Waals surface area (Å²) in [6.07, 6.45) is 1.83. The van der Waals surface area contributed by atoms with E-state index in [0.717, 1.165) is 33.5 Å². The van der Waals surface area contributed by atoms with Crippen LogP contribution in [0.5, 0.6) is 0 Å². The van der Waals surface area contributed by atoms with E-state index in [4.69, 9.17) is 4.42 Å². The second-order valence-corrected chi connectivity index (χ2v) is 5.22. The van der Waals surface area contributed by atoms with E-state index in [1.807, 2.05) is 54.8 Å². The van der Waals surface area contributed by atoms with Gasteiger partial charge in [-0.25, -0.2) is 0 Å². The summed E-state index contributed by atoms with van der Waals surface area (Å²) in [5.74, 6) is 0. The van der Waals surface area contributed by atoms with Crippen LogP contribution in [0.1, 0.15) is 0 Å². The molecule has 1 N–H and O–H groups in total. The van der Waals surface area contributed by atoms with E-state index in [1.54, 1.807) is 0 Å². The molecule has 4 aromatic rings. The number of nitrogens with one attached hydrogen (secondary N) is 1. The summed E-state index contributed by atoms with van der Waals surface area (Å²) in [5.41, 5.74) is 5.31. The van der Waals surface area contributed by atoms with Crippen LogP contribution in [0.4, 0.5) is 11.4 Å². The molecule has 0 atom stereocenters. The van der Waals surface area contributed by atoms with Crippen LogP contribution in [0.25, 0.3) is 22.1 Å². The van der Waals surface area contributed by atoms with Gasteiger partial charge in [-0.15, -0.1) is 0 Å². The molecule has 22 heavy (non-hydrogen) atoms. The lowest BCUT2D eigenvalue weighted by Crippen LogP contribution is -1.89. The maximum Gasteiger partial charge on any atom is 0.134 e. The standard InChI is InChI=1S/C20H15NO/c1-3-7-15(8-4-1)19-14-22-20-12-11-17(13-18(19)20)21-16-9-5-2-6-10-16/h1-14,21H. The Morgan fingerprint density at radius 3 is 2.18 bits per heavy atom. The Balaban J connectivity index is 1.77. The Hall–Kier alpha value is -3.00. The lowest BCUT2D eigenvalue weighted by atomic mass is 10.0. The average molecular weight is 285 g/mol.